The standard InChI is InChI=1S/C33H38N6O4S/c1-4-27(23-11-15-26(16-12-23)39-19-24-7-5-6-8-28(24)33(39)41)32(40)38-18-17-29-30(35-21-36-31(29)38)37(3)25-13-9-22(10-14-25)20-44(42,43)34-2/h5-8,11-12,15-18,21-22,25,27,34H,4,9-10,13-14,19-20H2,1-3H3. The summed E-state index contributed by atoms with van der Waals surface area (Å²) < 4.78 is 28.1. The Morgan fingerprint density at radius 1 is 1.05 bits per heavy atom. The maximum atomic E-state index is 13.9. The Labute approximate surface area is 258 Å². The van der Waals surface area contributed by atoms with Gasteiger partial charge < -0.3 is 9.80 Å². The first kappa shape index (κ1) is 30.0. The molecule has 2 aliphatic rings. The Morgan fingerprint density at radius 3 is 2.45 bits per heavy atom. The first-order chi connectivity index (χ1) is 21.2. The van der Waals surface area contributed by atoms with Crippen LogP contribution in [0.15, 0.2) is 67.1 Å². The molecule has 6 rings (SSSR count). The molecular formula is C33H38N6O4S. The third kappa shape index (κ3) is 5.61. The number of hydrogen-bond acceptors (Lipinski definition) is 7. The van der Waals surface area contributed by atoms with Crippen LogP contribution < -0.4 is 14.5 Å². The highest BCUT2D eigenvalue weighted by atomic mass is 32.2. The van der Waals surface area contributed by atoms with E-state index in [9.17, 15) is 18.0 Å². The van der Waals surface area contributed by atoms with E-state index in [1.165, 1.54) is 13.4 Å². The van der Waals surface area contributed by atoms with Gasteiger partial charge in [-0.25, -0.2) is 23.1 Å². The molecule has 1 aliphatic heterocycles. The number of fused-ring (bicyclic) bond motifs is 2. The maximum Gasteiger partial charge on any atom is 0.258 e. The minimum atomic E-state index is -3.23. The van der Waals surface area contributed by atoms with E-state index in [0.717, 1.165) is 59.3 Å². The van der Waals surface area contributed by atoms with Crippen LogP contribution in [0.25, 0.3) is 11.0 Å². The molecule has 230 valence electrons. The molecule has 10 nitrogen and oxygen atoms in total. The van der Waals surface area contributed by atoms with Crippen LogP contribution in [0.4, 0.5) is 11.5 Å². The number of benzene rings is 2. The second-order valence-corrected chi connectivity index (χ2v) is 13.8. The summed E-state index contributed by atoms with van der Waals surface area (Å²) in [7, 11) is 0.245. The van der Waals surface area contributed by atoms with Crippen LogP contribution >= 0.6 is 0 Å². The van der Waals surface area contributed by atoms with Crippen LogP contribution in [-0.2, 0) is 16.6 Å². The van der Waals surface area contributed by atoms with Crippen molar-refractivity contribution >= 4 is 44.4 Å². The Balaban J connectivity index is 1.18. The number of amides is 1. The summed E-state index contributed by atoms with van der Waals surface area (Å²) in [5.74, 6) is 0.611. The van der Waals surface area contributed by atoms with E-state index in [0.29, 0.717) is 18.6 Å². The monoisotopic (exact) mass is 614 g/mol. The molecule has 2 aromatic heterocycles. The second kappa shape index (κ2) is 12.1. The Bertz CT molecular complexity index is 1790. The molecule has 0 spiro atoms. The van der Waals surface area contributed by atoms with Crippen molar-refractivity contribution in [1.82, 2.24) is 19.3 Å². The van der Waals surface area contributed by atoms with Gasteiger partial charge in [0.15, 0.2) is 5.65 Å². The van der Waals surface area contributed by atoms with Crippen molar-refractivity contribution in [2.24, 2.45) is 5.92 Å². The zero-order valence-corrected chi connectivity index (χ0v) is 26.1. The molecule has 1 atom stereocenters. The lowest BCUT2D eigenvalue weighted by molar-refractivity contribution is 0.0879. The number of carbonyl (C=O) groups excluding carboxylic acids is 2. The van der Waals surface area contributed by atoms with Crippen molar-refractivity contribution in [2.75, 3.05) is 29.6 Å². The number of sulfonamides is 1. The van der Waals surface area contributed by atoms with Crippen molar-refractivity contribution < 1.29 is 18.0 Å². The molecule has 1 amide bonds. The lowest BCUT2D eigenvalue weighted by atomic mass is 9.86. The number of rotatable bonds is 9. The molecule has 11 heteroatoms. The highest BCUT2D eigenvalue weighted by Gasteiger charge is 2.31. The molecule has 0 bridgehead atoms. The minimum Gasteiger partial charge on any atom is -0.356 e. The lowest BCUT2D eigenvalue weighted by Gasteiger charge is -2.35. The lowest BCUT2D eigenvalue weighted by Crippen LogP contribution is -2.38. The summed E-state index contributed by atoms with van der Waals surface area (Å²) in [4.78, 5) is 39.9. The van der Waals surface area contributed by atoms with Gasteiger partial charge in [-0.05, 0) is 80.5 Å². The van der Waals surface area contributed by atoms with Gasteiger partial charge in [-0.3, -0.25) is 14.2 Å². The fraction of sp³-hybridized carbons (Fsp3) is 0.394. The van der Waals surface area contributed by atoms with Gasteiger partial charge in [0, 0.05) is 30.5 Å². The van der Waals surface area contributed by atoms with Crippen molar-refractivity contribution in [3.63, 3.8) is 0 Å². The topological polar surface area (TPSA) is 118 Å². The van der Waals surface area contributed by atoms with Crippen LogP contribution in [0.5, 0.6) is 0 Å². The van der Waals surface area contributed by atoms with E-state index in [1.54, 1.807) is 15.7 Å². The summed E-state index contributed by atoms with van der Waals surface area (Å²) in [6, 6.07) is 17.5. The number of carbonyl (C=O) groups is 2. The van der Waals surface area contributed by atoms with Crippen molar-refractivity contribution in [2.45, 2.75) is 57.5 Å². The summed E-state index contributed by atoms with van der Waals surface area (Å²) in [5.41, 5.74) is 4.01. The number of nitrogens with one attached hydrogen (secondary N) is 1. The molecule has 44 heavy (non-hydrogen) atoms. The maximum absolute atomic E-state index is 13.9. The number of nitrogens with zero attached hydrogens (tertiary/aromatic N) is 5. The number of aromatic nitrogens is 3. The third-order valence-electron chi connectivity index (χ3n) is 9.30. The average molecular weight is 615 g/mol. The van der Waals surface area contributed by atoms with Gasteiger partial charge in [-0.15, -0.1) is 0 Å². The SMILES string of the molecule is CCC(C(=O)n1ccc2c(N(C)C3CCC(CS(=O)(=O)NC)CC3)ncnc21)c1ccc(N2Cc3ccccc3C2=O)cc1. The molecule has 4 aromatic rings. The van der Waals surface area contributed by atoms with Crippen molar-refractivity contribution in [3.05, 3.63) is 83.8 Å². The first-order valence-electron chi connectivity index (χ1n) is 15.2. The average Bonchev–Trinajstić information content (AvgIpc) is 3.63. The van der Waals surface area contributed by atoms with Gasteiger partial charge in [-0.1, -0.05) is 37.3 Å². The molecule has 1 aliphatic carbocycles. The normalized spacial score (nSPS) is 19.2. The van der Waals surface area contributed by atoms with Gasteiger partial charge in [0.05, 0.1) is 23.6 Å². The smallest absolute Gasteiger partial charge is 0.258 e. The second-order valence-electron chi connectivity index (χ2n) is 11.8. The van der Waals surface area contributed by atoms with Gasteiger partial charge in [-0.2, -0.15) is 0 Å². The van der Waals surface area contributed by atoms with Crippen molar-refractivity contribution in [1.29, 1.82) is 0 Å². The van der Waals surface area contributed by atoms with Crippen LogP contribution in [0.3, 0.4) is 0 Å². The van der Waals surface area contributed by atoms with E-state index < -0.39 is 10.0 Å². The summed E-state index contributed by atoms with van der Waals surface area (Å²) in [6.45, 7) is 2.53. The molecule has 0 saturated heterocycles. The van der Waals surface area contributed by atoms with Crippen LogP contribution in [0.2, 0.25) is 0 Å². The van der Waals surface area contributed by atoms with E-state index in [4.69, 9.17) is 0 Å². The molecule has 1 unspecified atom stereocenters. The predicted octanol–water partition coefficient (Wildman–Crippen LogP) is 4.97. The van der Waals surface area contributed by atoms with E-state index in [1.807, 2.05) is 68.6 Å². The first-order valence-corrected chi connectivity index (χ1v) is 16.9. The Morgan fingerprint density at radius 2 is 1.77 bits per heavy atom. The fourth-order valence-corrected chi connectivity index (χ4v) is 7.85. The minimum absolute atomic E-state index is 0.00878. The molecule has 0 radical (unpaired) electrons. The zero-order chi connectivity index (χ0) is 31.0. The molecule has 1 saturated carbocycles. The highest BCUT2D eigenvalue weighted by molar-refractivity contribution is 7.89. The van der Waals surface area contributed by atoms with E-state index in [-0.39, 0.29) is 35.4 Å². The van der Waals surface area contributed by atoms with E-state index >= 15 is 0 Å². The fourth-order valence-electron chi connectivity index (χ4n) is 6.73. The Hall–Kier alpha value is -4.09. The van der Waals surface area contributed by atoms with Crippen molar-refractivity contribution in [3.8, 4) is 0 Å². The van der Waals surface area contributed by atoms with Gasteiger partial charge >= 0.3 is 0 Å². The zero-order valence-electron chi connectivity index (χ0n) is 25.3. The molecular weight excluding hydrogens is 576 g/mol. The van der Waals surface area contributed by atoms with Crippen LogP contribution in [0.1, 0.15) is 71.2 Å². The number of hydrogen-bond donors (Lipinski definition) is 1. The molecule has 3 heterocycles. The molecule has 1 fully saturated rings. The summed E-state index contributed by atoms with van der Waals surface area (Å²) >= 11 is 0. The van der Waals surface area contributed by atoms with Crippen LogP contribution in [-0.4, -0.2) is 60.7 Å². The van der Waals surface area contributed by atoms with E-state index in [2.05, 4.69) is 19.6 Å². The highest BCUT2D eigenvalue weighted by Crippen LogP contribution is 2.34. The summed E-state index contributed by atoms with van der Waals surface area (Å²) in [5, 5.41) is 0.806. The Kier molecular flexibility index (Phi) is 8.26. The quantitative estimate of drug-likeness (QED) is 0.283. The molecule has 1 N–H and O–H groups in total. The number of anilines is 2. The van der Waals surface area contributed by atoms with Gasteiger partial charge in [0.1, 0.15) is 12.1 Å². The third-order valence-corrected chi connectivity index (χ3v) is 10.8. The van der Waals surface area contributed by atoms with Gasteiger partial charge in [0.2, 0.25) is 15.9 Å². The molecule has 2 aromatic carbocycles. The largest absolute Gasteiger partial charge is 0.356 e. The summed E-state index contributed by atoms with van der Waals surface area (Å²) in [6.07, 6.45) is 7.29. The van der Waals surface area contributed by atoms with Crippen LogP contribution in [0, 0.1) is 5.92 Å². The van der Waals surface area contributed by atoms with Gasteiger partial charge in [0.25, 0.3) is 5.91 Å². The predicted molar refractivity (Wildman–Crippen MR) is 172 cm³/mol.